The molecule has 1 saturated carbocycles. The average Bonchev–Trinajstić information content (AvgIpc) is 2.48. The molecule has 116 valence electrons. The van der Waals surface area contributed by atoms with Crippen LogP contribution in [0.2, 0.25) is 0 Å². The zero-order chi connectivity index (χ0) is 15.1. The zero-order valence-corrected chi connectivity index (χ0v) is 13.4. The van der Waals surface area contributed by atoms with Gasteiger partial charge in [-0.05, 0) is 42.9 Å². The van der Waals surface area contributed by atoms with Crippen molar-refractivity contribution in [3.8, 4) is 5.75 Å². The molecule has 0 amide bonds. The number of Topliss-reactive ketones (excluding diaryl/α,β-unsaturated/α-hetero) is 1. The predicted molar refractivity (Wildman–Crippen MR) is 86.8 cm³/mol. The molecule has 0 aromatic heterocycles. The van der Waals surface area contributed by atoms with Gasteiger partial charge in [-0.1, -0.05) is 45.2 Å². The Bertz CT molecular complexity index is 435. The molecule has 0 unspecified atom stereocenters. The van der Waals surface area contributed by atoms with E-state index in [2.05, 4.69) is 26.0 Å². The maximum atomic E-state index is 12.1. The highest BCUT2D eigenvalue weighted by Gasteiger charge is 2.27. The zero-order valence-electron chi connectivity index (χ0n) is 13.4. The van der Waals surface area contributed by atoms with Crippen LogP contribution >= 0.6 is 0 Å². The van der Waals surface area contributed by atoms with Gasteiger partial charge in [-0.2, -0.15) is 0 Å². The molecule has 2 atom stereocenters. The van der Waals surface area contributed by atoms with Crippen molar-refractivity contribution < 1.29 is 9.53 Å². The molecule has 1 fully saturated rings. The summed E-state index contributed by atoms with van der Waals surface area (Å²) in [5, 5.41) is 0. The third kappa shape index (κ3) is 4.87. The lowest BCUT2D eigenvalue weighted by atomic mass is 9.78. The van der Waals surface area contributed by atoms with Gasteiger partial charge in [-0.3, -0.25) is 4.79 Å². The smallest absolute Gasteiger partial charge is 0.140 e. The topological polar surface area (TPSA) is 26.3 Å². The van der Waals surface area contributed by atoms with Crippen molar-refractivity contribution in [1.29, 1.82) is 0 Å². The van der Waals surface area contributed by atoms with Gasteiger partial charge in [0, 0.05) is 12.3 Å². The summed E-state index contributed by atoms with van der Waals surface area (Å²) in [4.78, 5) is 12.1. The number of hydrogen-bond donors (Lipinski definition) is 0. The molecular weight excluding hydrogens is 260 g/mol. The molecule has 1 aromatic carbocycles. The van der Waals surface area contributed by atoms with E-state index in [-0.39, 0.29) is 5.92 Å². The number of rotatable bonds is 7. The molecular formula is C19H28O2. The lowest BCUT2D eigenvalue weighted by Gasteiger charge is -2.25. The van der Waals surface area contributed by atoms with Crippen molar-refractivity contribution in [3.63, 3.8) is 0 Å². The summed E-state index contributed by atoms with van der Waals surface area (Å²) in [5.74, 6) is 1.99. The first-order valence-electron chi connectivity index (χ1n) is 8.46. The maximum Gasteiger partial charge on any atom is 0.140 e. The van der Waals surface area contributed by atoms with Gasteiger partial charge in [-0.15, -0.1) is 0 Å². The minimum Gasteiger partial charge on any atom is -0.494 e. The van der Waals surface area contributed by atoms with E-state index in [1.165, 1.54) is 19.3 Å². The van der Waals surface area contributed by atoms with E-state index >= 15 is 0 Å². The third-order valence-corrected chi connectivity index (χ3v) is 4.44. The van der Waals surface area contributed by atoms with Crippen LogP contribution in [0.15, 0.2) is 24.3 Å². The molecule has 2 rings (SSSR count). The summed E-state index contributed by atoms with van der Waals surface area (Å²) in [6.07, 6.45) is 7.79. The predicted octanol–water partition coefficient (Wildman–Crippen LogP) is 5.12. The molecule has 0 bridgehead atoms. The highest BCUT2D eigenvalue weighted by molar-refractivity contribution is 5.86. The third-order valence-electron chi connectivity index (χ3n) is 4.44. The monoisotopic (exact) mass is 288 g/mol. The van der Waals surface area contributed by atoms with Crippen LogP contribution in [0, 0.1) is 5.92 Å². The van der Waals surface area contributed by atoms with E-state index in [4.69, 9.17) is 4.74 Å². The van der Waals surface area contributed by atoms with E-state index in [0.29, 0.717) is 11.7 Å². The molecule has 0 aliphatic heterocycles. The van der Waals surface area contributed by atoms with E-state index in [1.54, 1.807) is 0 Å². The van der Waals surface area contributed by atoms with E-state index < -0.39 is 0 Å². The average molecular weight is 288 g/mol. The van der Waals surface area contributed by atoms with Crippen LogP contribution in [0.4, 0.5) is 0 Å². The molecule has 1 aliphatic carbocycles. The molecule has 2 nitrogen and oxygen atoms in total. The molecule has 1 aromatic rings. The normalized spacial score (nSPS) is 22.3. The van der Waals surface area contributed by atoms with E-state index in [9.17, 15) is 4.79 Å². The van der Waals surface area contributed by atoms with Gasteiger partial charge < -0.3 is 4.74 Å². The van der Waals surface area contributed by atoms with Crippen LogP contribution in [-0.2, 0) is 4.79 Å². The fraction of sp³-hybridized carbons (Fsp3) is 0.632. The van der Waals surface area contributed by atoms with Gasteiger partial charge >= 0.3 is 0 Å². The molecule has 0 N–H and O–H groups in total. The molecule has 1 aliphatic rings. The SMILES string of the molecule is CCCCCCOc1ccc([C@H]2CC[C@H](C)CC2=O)cc1. The summed E-state index contributed by atoms with van der Waals surface area (Å²) in [7, 11) is 0. The molecule has 0 saturated heterocycles. The van der Waals surface area contributed by atoms with Gasteiger partial charge in [0.05, 0.1) is 6.61 Å². The van der Waals surface area contributed by atoms with Gasteiger partial charge in [0.25, 0.3) is 0 Å². The highest BCUT2D eigenvalue weighted by atomic mass is 16.5. The van der Waals surface area contributed by atoms with Gasteiger partial charge in [0.15, 0.2) is 0 Å². The van der Waals surface area contributed by atoms with Crippen molar-refractivity contribution in [2.75, 3.05) is 6.61 Å². The van der Waals surface area contributed by atoms with Crippen LogP contribution in [0.3, 0.4) is 0 Å². The Kier molecular flexibility index (Phi) is 6.28. The Labute approximate surface area is 128 Å². The number of benzene rings is 1. The largest absolute Gasteiger partial charge is 0.494 e. The summed E-state index contributed by atoms with van der Waals surface area (Å²) in [6.45, 7) is 5.18. The molecule has 0 spiro atoms. The molecule has 2 heteroatoms. The number of ketones is 1. The first-order chi connectivity index (χ1) is 10.2. The first kappa shape index (κ1) is 16.1. The van der Waals surface area contributed by atoms with Crippen LogP contribution < -0.4 is 4.74 Å². The standard InChI is InChI=1S/C19H28O2/c1-3-4-5-6-13-21-17-10-8-16(9-11-17)18-12-7-15(2)14-19(18)20/h8-11,15,18H,3-7,12-14H2,1-2H3/t15-,18+/m0/s1. The minimum atomic E-state index is 0.111. The van der Waals surface area contributed by atoms with E-state index in [1.807, 2.05) is 12.1 Å². The maximum absolute atomic E-state index is 12.1. The molecule has 0 heterocycles. The quantitative estimate of drug-likeness (QED) is 0.651. The second-order valence-electron chi connectivity index (χ2n) is 6.38. The summed E-state index contributed by atoms with van der Waals surface area (Å²) in [5.41, 5.74) is 1.16. The van der Waals surface area contributed by atoms with Gasteiger partial charge in [-0.25, -0.2) is 0 Å². The Balaban J connectivity index is 1.83. The summed E-state index contributed by atoms with van der Waals surface area (Å²) < 4.78 is 5.75. The van der Waals surface area contributed by atoms with Gasteiger partial charge in [0.1, 0.15) is 11.5 Å². The van der Waals surface area contributed by atoms with Crippen molar-refractivity contribution in [2.24, 2.45) is 5.92 Å². The van der Waals surface area contributed by atoms with Crippen molar-refractivity contribution in [2.45, 2.75) is 64.7 Å². The summed E-state index contributed by atoms with van der Waals surface area (Å²) >= 11 is 0. The van der Waals surface area contributed by atoms with E-state index in [0.717, 1.165) is 43.6 Å². The summed E-state index contributed by atoms with van der Waals surface area (Å²) in [6, 6.07) is 8.17. The number of carbonyl (C=O) groups excluding carboxylic acids is 1. The fourth-order valence-corrected chi connectivity index (χ4v) is 3.07. The number of ether oxygens (including phenoxy) is 1. The van der Waals surface area contributed by atoms with Crippen LogP contribution in [0.1, 0.15) is 70.3 Å². The Morgan fingerprint density at radius 2 is 1.86 bits per heavy atom. The van der Waals surface area contributed by atoms with Crippen LogP contribution in [-0.4, -0.2) is 12.4 Å². The second-order valence-corrected chi connectivity index (χ2v) is 6.38. The second kappa shape index (κ2) is 8.21. The lowest BCUT2D eigenvalue weighted by molar-refractivity contribution is -0.123. The lowest BCUT2D eigenvalue weighted by Crippen LogP contribution is -2.21. The van der Waals surface area contributed by atoms with Crippen molar-refractivity contribution in [1.82, 2.24) is 0 Å². The van der Waals surface area contributed by atoms with Crippen molar-refractivity contribution >= 4 is 5.78 Å². The van der Waals surface area contributed by atoms with Crippen molar-refractivity contribution in [3.05, 3.63) is 29.8 Å². The Morgan fingerprint density at radius 1 is 1.10 bits per heavy atom. The van der Waals surface area contributed by atoms with Crippen LogP contribution in [0.5, 0.6) is 5.75 Å². The molecule has 21 heavy (non-hydrogen) atoms. The van der Waals surface area contributed by atoms with Crippen LogP contribution in [0.25, 0.3) is 0 Å². The number of unbranched alkanes of at least 4 members (excludes halogenated alkanes) is 3. The number of hydrogen-bond acceptors (Lipinski definition) is 2. The Morgan fingerprint density at radius 3 is 2.52 bits per heavy atom. The first-order valence-corrected chi connectivity index (χ1v) is 8.46. The minimum absolute atomic E-state index is 0.111. The number of carbonyl (C=O) groups is 1. The fourth-order valence-electron chi connectivity index (χ4n) is 3.07. The molecule has 0 radical (unpaired) electrons. The van der Waals surface area contributed by atoms with Gasteiger partial charge in [0.2, 0.25) is 0 Å². The Hall–Kier alpha value is -1.31. The highest BCUT2D eigenvalue weighted by Crippen LogP contribution is 2.33.